The predicted octanol–water partition coefficient (Wildman–Crippen LogP) is 2.60. The van der Waals surface area contributed by atoms with Crippen molar-refractivity contribution in [3.05, 3.63) is 11.1 Å². The zero-order valence-corrected chi connectivity index (χ0v) is 13.6. The molecule has 0 atom stereocenters. The van der Waals surface area contributed by atoms with Crippen molar-refractivity contribution in [3.63, 3.8) is 0 Å². The number of hydrogen-bond donors (Lipinski definition) is 1. The first kappa shape index (κ1) is 16.0. The molecule has 4 nitrogen and oxygen atoms in total. The molecule has 114 valence electrons. The van der Waals surface area contributed by atoms with Gasteiger partial charge in [0.1, 0.15) is 0 Å². The van der Waals surface area contributed by atoms with Gasteiger partial charge in [-0.15, -0.1) is 23.7 Å². The first-order valence-corrected chi connectivity index (χ1v) is 8.29. The van der Waals surface area contributed by atoms with Crippen LogP contribution in [0.4, 0.5) is 5.13 Å². The monoisotopic (exact) mass is 316 g/mol. The van der Waals surface area contributed by atoms with Crippen molar-refractivity contribution in [2.45, 2.75) is 44.7 Å². The van der Waals surface area contributed by atoms with Crippen molar-refractivity contribution in [3.8, 4) is 0 Å². The number of nitrogens with zero attached hydrogens (tertiary/aromatic N) is 3. The summed E-state index contributed by atoms with van der Waals surface area (Å²) in [5.41, 5.74) is 5.69. The molecule has 6 heteroatoms. The number of aromatic nitrogens is 1. The van der Waals surface area contributed by atoms with Gasteiger partial charge in [0.15, 0.2) is 5.13 Å². The lowest BCUT2D eigenvalue weighted by atomic mass is 10.00. The Morgan fingerprint density at radius 3 is 2.45 bits per heavy atom. The molecule has 3 heterocycles. The molecule has 0 spiro atoms. The lowest BCUT2D eigenvalue weighted by Gasteiger charge is -2.40. The summed E-state index contributed by atoms with van der Waals surface area (Å²) >= 11 is 1.62. The number of likely N-dealkylation sites (tertiary alicyclic amines) is 2. The quantitative estimate of drug-likeness (QED) is 0.931. The normalized spacial score (nSPS) is 22.6. The SMILES string of the molecule is Cl.Nc1ncc(CN2CCC(N3CCCCC3)CC2)s1. The van der Waals surface area contributed by atoms with Crippen LogP contribution in [0.25, 0.3) is 0 Å². The number of anilines is 1. The Hall–Kier alpha value is -0.360. The summed E-state index contributed by atoms with van der Waals surface area (Å²) < 4.78 is 0. The van der Waals surface area contributed by atoms with E-state index in [4.69, 9.17) is 5.73 Å². The molecule has 2 saturated heterocycles. The Morgan fingerprint density at radius 2 is 1.85 bits per heavy atom. The van der Waals surface area contributed by atoms with E-state index < -0.39 is 0 Å². The third-order valence-electron chi connectivity index (χ3n) is 4.42. The summed E-state index contributed by atoms with van der Waals surface area (Å²) in [5, 5.41) is 0.693. The van der Waals surface area contributed by atoms with Crippen molar-refractivity contribution in [1.29, 1.82) is 0 Å². The number of rotatable bonds is 3. The van der Waals surface area contributed by atoms with E-state index in [9.17, 15) is 0 Å². The minimum Gasteiger partial charge on any atom is -0.375 e. The molecule has 1 aromatic rings. The highest BCUT2D eigenvalue weighted by Crippen LogP contribution is 2.23. The van der Waals surface area contributed by atoms with E-state index in [0.717, 1.165) is 12.6 Å². The second-order valence-electron chi connectivity index (χ2n) is 5.77. The Bertz CT molecular complexity index is 398. The minimum absolute atomic E-state index is 0. The van der Waals surface area contributed by atoms with Crippen LogP contribution in [0.2, 0.25) is 0 Å². The molecule has 2 N–H and O–H groups in total. The predicted molar refractivity (Wildman–Crippen MR) is 87.5 cm³/mol. The molecule has 0 unspecified atom stereocenters. The van der Waals surface area contributed by atoms with Crippen LogP contribution in [0.3, 0.4) is 0 Å². The molecule has 0 aromatic carbocycles. The molecular weight excluding hydrogens is 292 g/mol. The summed E-state index contributed by atoms with van der Waals surface area (Å²) in [7, 11) is 0. The van der Waals surface area contributed by atoms with Gasteiger partial charge < -0.3 is 10.6 Å². The largest absolute Gasteiger partial charge is 0.375 e. The van der Waals surface area contributed by atoms with Crippen molar-refractivity contribution in [2.75, 3.05) is 31.9 Å². The van der Waals surface area contributed by atoms with Crippen LogP contribution in [0.5, 0.6) is 0 Å². The number of thiazole rings is 1. The Labute approximate surface area is 131 Å². The lowest BCUT2D eigenvalue weighted by molar-refractivity contribution is 0.0900. The molecule has 0 amide bonds. The molecule has 2 fully saturated rings. The standard InChI is InChI=1S/C14H24N4S.ClH/c15-14-16-10-13(19-14)11-17-8-4-12(5-9-17)18-6-2-1-3-7-18;/h10,12H,1-9,11H2,(H2,15,16);1H. The van der Waals surface area contributed by atoms with Gasteiger partial charge in [0.05, 0.1) is 0 Å². The van der Waals surface area contributed by atoms with E-state index in [1.807, 2.05) is 6.20 Å². The highest BCUT2D eigenvalue weighted by atomic mass is 35.5. The molecule has 1 aromatic heterocycles. The van der Waals surface area contributed by atoms with E-state index in [0.29, 0.717) is 5.13 Å². The first-order chi connectivity index (χ1) is 9.31. The molecule has 2 aliphatic heterocycles. The van der Waals surface area contributed by atoms with Crippen LogP contribution in [0.15, 0.2) is 6.20 Å². The fraction of sp³-hybridized carbons (Fsp3) is 0.786. The zero-order valence-electron chi connectivity index (χ0n) is 12.0. The first-order valence-electron chi connectivity index (χ1n) is 7.48. The van der Waals surface area contributed by atoms with E-state index in [2.05, 4.69) is 14.8 Å². The number of nitrogen functional groups attached to an aromatic ring is 1. The molecule has 3 rings (SSSR count). The fourth-order valence-electron chi connectivity index (χ4n) is 3.34. The molecule has 2 aliphatic rings. The summed E-state index contributed by atoms with van der Waals surface area (Å²) in [6.45, 7) is 6.13. The van der Waals surface area contributed by atoms with Gasteiger partial charge in [-0.1, -0.05) is 6.42 Å². The Balaban J connectivity index is 0.00000147. The number of halogens is 1. The maximum absolute atomic E-state index is 5.69. The molecule has 0 aliphatic carbocycles. The van der Waals surface area contributed by atoms with Gasteiger partial charge in [0.2, 0.25) is 0 Å². The van der Waals surface area contributed by atoms with Crippen LogP contribution in [0.1, 0.15) is 37.0 Å². The summed E-state index contributed by atoms with van der Waals surface area (Å²) in [5.74, 6) is 0. The zero-order chi connectivity index (χ0) is 13.1. The van der Waals surface area contributed by atoms with Crippen LogP contribution < -0.4 is 5.73 Å². The van der Waals surface area contributed by atoms with Gasteiger partial charge in [-0.2, -0.15) is 0 Å². The van der Waals surface area contributed by atoms with E-state index in [1.165, 1.54) is 63.2 Å². The summed E-state index contributed by atoms with van der Waals surface area (Å²) in [6, 6.07) is 0.836. The Morgan fingerprint density at radius 1 is 1.15 bits per heavy atom. The van der Waals surface area contributed by atoms with Gasteiger partial charge in [0, 0.05) is 36.8 Å². The van der Waals surface area contributed by atoms with Crippen molar-refractivity contribution in [1.82, 2.24) is 14.8 Å². The number of nitrogens with two attached hydrogens (primary N) is 1. The third-order valence-corrected chi connectivity index (χ3v) is 5.23. The van der Waals surface area contributed by atoms with Gasteiger partial charge >= 0.3 is 0 Å². The molecule has 0 saturated carbocycles. The van der Waals surface area contributed by atoms with Crippen LogP contribution in [0, 0.1) is 0 Å². The highest BCUT2D eigenvalue weighted by Gasteiger charge is 2.25. The summed E-state index contributed by atoms with van der Waals surface area (Å²) in [6.07, 6.45) is 8.82. The van der Waals surface area contributed by atoms with Gasteiger partial charge in [-0.05, 0) is 38.8 Å². The lowest BCUT2D eigenvalue weighted by Crippen LogP contribution is -2.46. The number of piperidine rings is 2. The molecular formula is C14H25ClN4S. The average molecular weight is 317 g/mol. The topological polar surface area (TPSA) is 45.4 Å². The highest BCUT2D eigenvalue weighted by molar-refractivity contribution is 7.15. The number of hydrogen-bond acceptors (Lipinski definition) is 5. The fourth-order valence-corrected chi connectivity index (χ4v) is 4.07. The van der Waals surface area contributed by atoms with E-state index in [1.54, 1.807) is 11.3 Å². The Kier molecular flexibility index (Phi) is 6.08. The van der Waals surface area contributed by atoms with Crippen molar-refractivity contribution < 1.29 is 0 Å². The van der Waals surface area contributed by atoms with E-state index >= 15 is 0 Å². The minimum atomic E-state index is 0. The van der Waals surface area contributed by atoms with Crippen molar-refractivity contribution in [2.24, 2.45) is 0 Å². The smallest absolute Gasteiger partial charge is 0.180 e. The van der Waals surface area contributed by atoms with Crippen LogP contribution in [-0.4, -0.2) is 47.0 Å². The second kappa shape index (κ2) is 7.59. The van der Waals surface area contributed by atoms with Crippen LogP contribution in [-0.2, 0) is 6.54 Å². The van der Waals surface area contributed by atoms with Gasteiger partial charge in [-0.25, -0.2) is 4.98 Å². The average Bonchev–Trinajstić information content (AvgIpc) is 2.86. The molecule has 0 bridgehead atoms. The molecule has 0 radical (unpaired) electrons. The van der Waals surface area contributed by atoms with Crippen molar-refractivity contribution >= 4 is 28.9 Å². The summed E-state index contributed by atoms with van der Waals surface area (Å²) in [4.78, 5) is 10.7. The maximum Gasteiger partial charge on any atom is 0.180 e. The van der Waals surface area contributed by atoms with Gasteiger partial charge in [-0.3, -0.25) is 4.90 Å². The molecule has 20 heavy (non-hydrogen) atoms. The van der Waals surface area contributed by atoms with E-state index in [-0.39, 0.29) is 12.4 Å². The second-order valence-corrected chi connectivity index (χ2v) is 6.92. The third kappa shape index (κ3) is 4.07. The van der Waals surface area contributed by atoms with Gasteiger partial charge in [0.25, 0.3) is 0 Å². The maximum atomic E-state index is 5.69. The van der Waals surface area contributed by atoms with Crippen LogP contribution >= 0.6 is 23.7 Å².